The van der Waals surface area contributed by atoms with Crippen molar-refractivity contribution in [1.29, 1.82) is 0 Å². The van der Waals surface area contributed by atoms with Gasteiger partial charge in [-0.1, -0.05) is 0 Å². The van der Waals surface area contributed by atoms with Crippen LogP contribution in [0.2, 0.25) is 0 Å². The molecule has 1 heterocycles. The Labute approximate surface area is 165 Å². The molecule has 0 saturated heterocycles. The molecule has 2 aromatic carbocycles. The van der Waals surface area contributed by atoms with E-state index in [0.29, 0.717) is 19.3 Å². The van der Waals surface area contributed by atoms with E-state index >= 15 is 0 Å². The number of fused-ring (bicyclic) bond motifs is 2. The van der Waals surface area contributed by atoms with Gasteiger partial charge in [-0.25, -0.2) is 0 Å². The summed E-state index contributed by atoms with van der Waals surface area (Å²) in [5.74, 6) is -1.39. The van der Waals surface area contributed by atoms with Crippen LogP contribution in [0.15, 0.2) is 27.4 Å². The highest BCUT2D eigenvalue weighted by molar-refractivity contribution is 5.96. The fourth-order valence-electron chi connectivity index (χ4n) is 4.37. The van der Waals surface area contributed by atoms with Crippen LogP contribution < -0.4 is 10.2 Å². The number of aliphatic hydroxyl groups is 2. The van der Waals surface area contributed by atoms with Crippen LogP contribution in [0.3, 0.4) is 0 Å². The summed E-state index contributed by atoms with van der Waals surface area (Å²) in [7, 11) is 1.36. The standard InChI is InChI=1S/C21H22O8/c1-28-16-7-15-12(5-13(16)24)20(26)19-17(29-15)6-14(25)18(21(19)27)10-2-9(8-22)3-11(23)4-10/h5-7,9-11,22-25,27H,2-4,8H2,1H3. The van der Waals surface area contributed by atoms with E-state index in [1.54, 1.807) is 0 Å². The molecule has 3 atom stereocenters. The molecule has 8 nitrogen and oxygen atoms in total. The second-order valence-corrected chi connectivity index (χ2v) is 7.59. The average molecular weight is 402 g/mol. The summed E-state index contributed by atoms with van der Waals surface area (Å²) in [6.07, 6.45) is 0.505. The van der Waals surface area contributed by atoms with Crippen LogP contribution in [0.1, 0.15) is 30.7 Å². The number of hydrogen-bond donors (Lipinski definition) is 5. The predicted molar refractivity (Wildman–Crippen MR) is 105 cm³/mol. The molecule has 4 rings (SSSR count). The highest BCUT2D eigenvalue weighted by atomic mass is 16.5. The van der Waals surface area contributed by atoms with Crippen LogP contribution in [0.25, 0.3) is 21.9 Å². The number of benzene rings is 2. The van der Waals surface area contributed by atoms with Crippen LogP contribution >= 0.6 is 0 Å². The zero-order valence-corrected chi connectivity index (χ0v) is 15.8. The zero-order chi connectivity index (χ0) is 20.9. The molecule has 29 heavy (non-hydrogen) atoms. The van der Waals surface area contributed by atoms with Gasteiger partial charge in [-0.2, -0.15) is 0 Å². The van der Waals surface area contributed by atoms with Gasteiger partial charge in [0.25, 0.3) is 0 Å². The maximum Gasteiger partial charge on any atom is 0.204 e. The first-order valence-corrected chi connectivity index (χ1v) is 9.35. The van der Waals surface area contributed by atoms with Gasteiger partial charge in [-0.3, -0.25) is 4.79 Å². The molecule has 1 aromatic heterocycles. The number of hydrogen-bond acceptors (Lipinski definition) is 8. The van der Waals surface area contributed by atoms with Gasteiger partial charge in [-0.15, -0.1) is 0 Å². The van der Waals surface area contributed by atoms with Crippen molar-refractivity contribution in [3.05, 3.63) is 34.0 Å². The van der Waals surface area contributed by atoms with Gasteiger partial charge in [0.05, 0.1) is 18.6 Å². The molecule has 1 saturated carbocycles. The lowest BCUT2D eigenvalue weighted by atomic mass is 9.76. The zero-order valence-electron chi connectivity index (χ0n) is 15.8. The molecule has 0 spiro atoms. The van der Waals surface area contributed by atoms with Crippen LogP contribution in [-0.2, 0) is 0 Å². The second-order valence-electron chi connectivity index (χ2n) is 7.59. The van der Waals surface area contributed by atoms with E-state index in [-0.39, 0.29) is 57.3 Å². The maximum atomic E-state index is 13.0. The number of ether oxygens (including phenoxy) is 1. The lowest BCUT2D eigenvalue weighted by Gasteiger charge is -2.32. The Morgan fingerprint density at radius 2 is 1.83 bits per heavy atom. The largest absolute Gasteiger partial charge is 0.507 e. The quantitative estimate of drug-likeness (QED) is 0.420. The Bertz CT molecular complexity index is 1150. The van der Waals surface area contributed by atoms with Crippen molar-refractivity contribution in [2.75, 3.05) is 13.7 Å². The van der Waals surface area contributed by atoms with Gasteiger partial charge in [-0.05, 0) is 37.2 Å². The first-order valence-electron chi connectivity index (χ1n) is 9.35. The van der Waals surface area contributed by atoms with Crippen molar-refractivity contribution < 1.29 is 34.7 Å². The van der Waals surface area contributed by atoms with E-state index in [0.717, 1.165) is 0 Å². The third-order valence-corrected chi connectivity index (χ3v) is 5.70. The Morgan fingerprint density at radius 1 is 1.07 bits per heavy atom. The number of phenols is 3. The van der Waals surface area contributed by atoms with Gasteiger partial charge < -0.3 is 34.7 Å². The molecule has 0 amide bonds. The fraction of sp³-hybridized carbons (Fsp3) is 0.381. The Morgan fingerprint density at radius 3 is 2.52 bits per heavy atom. The second kappa shape index (κ2) is 7.13. The molecule has 3 unspecified atom stereocenters. The molecule has 0 aliphatic heterocycles. The highest BCUT2D eigenvalue weighted by Crippen LogP contribution is 2.46. The van der Waals surface area contributed by atoms with E-state index < -0.39 is 23.2 Å². The topological polar surface area (TPSA) is 141 Å². The van der Waals surface area contributed by atoms with Gasteiger partial charge in [0.2, 0.25) is 5.43 Å². The molecule has 0 bridgehead atoms. The lowest BCUT2D eigenvalue weighted by molar-refractivity contribution is 0.0642. The summed E-state index contributed by atoms with van der Waals surface area (Å²) in [5, 5.41) is 51.0. The maximum absolute atomic E-state index is 13.0. The Hall–Kier alpha value is -2.97. The molecule has 8 heteroatoms. The molecule has 1 fully saturated rings. The predicted octanol–water partition coefficient (Wildman–Crippen LogP) is 2.31. The van der Waals surface area contributed by atoms with Crippen molar-refractivity contribution in [2.24, 2.45) is 5.92 Å². The van der Waals surface area contributed by atoms with Crippen molar-refractivity contribution in [3.8, 4) is 23.0 Å². The monoisotopic (exact) mass is 402 g/mol. The van der Waals surface area contributed by atoms with E-state index in [2.05, 4.69) is 0 Å². The number of phenolic OH excluding ortho intramolecular Hbond substituents is 3. The number of aliphatic hydroxyl groups excluding tert-OH is 2. The number of rotatable bonds is 3. The smallest absolute Gasteiger partial charge is 0.204 e. The van der Waals surface area contributed by atoms with Gasteiger partial charge in [0.1, 0.15) is 28.1 Å². The minimum absolute atomic E-state index is 0.0101. The van der Waals surface area contributed by atoms with Crippen LogP contribution in [-0.4, -0.2) is 45.4 Å². The van der Waals surface area contributed by atoms with Crippen molar-refractivity contribution in [2.45, 2.75) is 31.3 Å². The van der Waals surface area contributed by atoms with E-state index in [1.165, 1.54) is 25.3 Å². The molecule has 3 aromatic rings. The third-order valence-electron chi connectivity index (χ3n) is 5.70. The fourth-order valence-corrected chi connectivity index (χ4v) is 4.37. The van der Waals surface area contributed by atoms with Crippen molar-refractivity contribution >= 4 is 21.9 Å². The SMILES string of the molecule is COc1cc2oc3cc(O)c(C4CC(O)CC(CO)C4)c(O)c3c(=O)c2cc1O. The third kappa shape index (κ3) is 3.14. The summed E-state index contributed by atoms with van der Waals surface area (Å²) in [6.45, 7) is -0.115. The van der Waals surface area contributed by atoms with Crippen molar-refractivity contribution in [3.63, 3.8) is 0 Å². The van der Waals surface area contributed by atoms with Gasteiger partial charge in [0, 0.05) is 24.3 Å². The Kier molecular flexibility index (Phi) is 4.76. The first kappa shape index (κ1) is 19.4. The molecule has 0 radical (unpaired) electrons. The first-order chi connectivity index (χ1) is 13.8. The van der Waals surface area contributed by atoms with E-state index in [9.17, 15) is 30.3 Å². The molecule has 1 aliphatic carbocycles. The molecule has 5 N–H and O–H groups in total. The van der Waals surface area contributed by atoms with Crippen LogP contribution in [0.4, 0.5) is 0 Å². The van der Waals surface area contributed by atoms with Gasteiger partial charge >= 0.3 is 0 Å². The molecule has 154 valence electrons. The minimum atomic E-state index is -0.683. The van der Waals surface area contributed by atoms with Gasteiger partial charge in [0.15, 0.2) is 11.5 Å². The lowest BCUT2D eigenvalue weighted by Crippen LogP contribution is -2.27. The van der Waals surface area contributed by atoms with Crippen LogP contribution in [0, 0.1) is 5.92 Å². The van der Waals surface area contributed by atoms with E-state index in [1.807, 2.05) is 0 Å². The normalized spacial score (nSPS) is 22.2. The molecule has 1 aliphatic rings. The van der Waals surface area contributed by atoms with E-state index in [4.69, 9.17) is 9.15 Å². The molecular formula is C21H22O8. The average Bonchev–Trinajstić information content (AvgIpc) is 2.67. The summed E-state index contributed by atoms with van der Waals surface area (Å²) in [4.78, 5) is 13.0. The minimum Gasteiger partial charge on any atom is -0.507 e. The van der Waals surface area contributed by atoms with Crippen molar-refractivity contribution in [1.82, 2.24) is 0 Å². The Balaban J connectivity index is 1.96. The summed E-state index contributed by atoms with van der Waals surface area (Å²) >= 11 is 0. The summed E-state index contributed by atoms with van der Waals surface area (Å²) in [6, 6.07) is 3.83. The summed E-state index contributed by atoms with van der Waals surface area (Å²) < 4.78 is 10.7. The number of aromatic hydroxyl groups is 3. The van der Waals surface area contributed by atoms with Crippen LogP contribution in [0.5, 0.6) is 23.0 Å². The summed E-state index contributed by atoms with van der Waals surface area (Å²) in [5.41, 5.74) is -0.284. The number of methoxy groups -OCH3 is 1. The molecular weight excluding hydrogens is 380 g/mol. The highest BCUT2D eigenvalue weighted by Gasteiger charge is 2.33.